The molecule has 2 aromatic carbocycles. The van der Waals surface area contributed by atoms with Crippen molar-refractivity contribution in [3.05, 3.63) is 69.9 Å². The zero-order valence-corrected chi connectivity index (χ0v) is 13.0. The van der Waals surface area contributed by atoms with Crippen LogP contribution in [0.2, 0.25) is 0 Å². The number of halogens is 2. The quantitative estimate of drug-likeness (QED) is 0.833. The average Bonchev–Trinajstić information content (AvgIpc) is 2.49. The van der Waals surface area contributed by atoms with Gasteiger partial charge in [0, 0.05) is 6.42 Å². The van der Waals surface area contributed by atoms with Crippen LogP contribution in [0.25, 0.3) is 0 Å². The molecule has 0 spiro atoms. The van der Waals surface area contributed by atoms with E-state index in [-0.39, 0.29) is 18.0 Å². The lowest BCUT2D eigenvalue weighted by atomic mass is 9.74. The summed E-state index contributed by atoms with van der Waals surface area (Å²) in [6.07, 6.45) is 0.210. The predicted molar refractivity (Wildman–Crippen MR) is 82.2 cm³/mol. The first-order valence-corrected chi connectivity index (χ1v) is 7.20. The van der Waals surface area contributed by atoms with Crippen molar-refractivity contribution in [3.63, 3.8) is 0 Å². The van der Waals surface area contributed by atoms with Crippen LogP contribution in [0.1, 0.15) is 18.1 Å². The van der Waals surface area contributed by atoms with Gasteiger partial charge in [-0.25, -0.2) is 4.39 Å². The van der Waals surface area contributed by atoms with Gasteiger partial charge in [0.2, 0.25) is 0 Å². The Morgan fingerprint density at radius 1 is 1.29 bits per heavy atom. The Bertz CT molecular complexity index is 708. The summed E-state index contributed by atoms with van der Waals surface area (Å²) >= 11 is 3.13. The fourth-order valence-corrected chi connectivity index (χ4v) is 2.72. The number of carbonyl (C=O) groups is 1. The standard InChI is InChI=1S/C17H13BrFNO/c1-12(21)17(11-20,14-5-3-2-4-6-14)10-13-7-8-16(19)15(18)9-13/h2-9H,10H2,1H3. The van der Waals surface area contributed by atoms with Gasteiger partial charge >= 0.3 is 0 Å². The smallest absolute Gasteiger partial charge is 0.154 e. The molecule has 2 rings (SSSR count). The fraction of sp³-hybridized carbons (Fsp3) is 0.176. The molecule has 1 atom stereocenters. The second kappa shape index (κ2) is 6.19. The minimum Gasteiger partial charge on any atom is -0.298 e. The number of Topliss-reactive ketones (excluding diaryl/α,β-unsaturated/α-hetero) is 1. The topological polar surface area (TPSA) is 40.9 Å². The third kappa shape index (κ3) is 3.03. The van der Waals surface area contributed by atoms with Crippen LogP contribution in [-0.4, -0.2) is 5.78 Å². The van der Waals surface area contributed by atoms with Gasteiger partial charge in [0.25, 0.3) is 0 Å². The Kier molecular flexibility index (Phi) is 4.54. The van der Waals surface area contributed by atoms with Crippen molar-refractivity contribution in [2.75, 3.05) is 0 Å². The van der Waals surface area contributed by atoms with Gasteiger partial charge in [-0.1, -0.05) is 36.4 Å². The maximum atomic E-state index is 13.3. The molecule has 0 N–H and O–H groups in total. The normalized spacial score (nSPS) is 13.2. The van der Waals surface area contributed by atoms with Gasteiger partial charge in [0.1, 0.15) is 11.2 Å². The van der Waals surface area contributed by atoms with E-state index in [0.717, 1.165) is 5.56 Å². The summed E-state index contributed by atoms with van der Waals surface area (Å²) in [5.41, 5.74) is 0.128. The first kappa shape index (κ1) is 15.4. The highest BCUT2D eigenvalue weighted by atomic mass is 79.9. The molecule has 21 heavy (non-hydrogen) atoms. The lowest BCUT2D eigenvalue weighted by molar-refractivity contribution is -0.120. The monoisotopic (exact) mass is 345 g/mol. The number of ketones is 1. The molecule has 0 saturated carbocycles. The third-order valence-corrected chi connectivity index (χ3v) is 4.12. The Hall–Kier alpha value is -1.99. The van der Waals surface area contributed by atoms with Crippen LogP contribution in [0.4, 0.5) is 4.39 Å². The van der Waals surface area contributed by atoms with Crippen molar-refractivity contribution in [3.8, 4) is 6.07 Å². The molecule has 2 aromatic rings. The maximum Gasteiger partial charge on any atom is 0.154 e. The Morgan fingerprint density at radius 3 is 2.48 bits per heavy atom. The molecule has 0 fully saturated rings. The Balaban J connectivity index is 2.49. The van der Waals surface area contributed by atoms with E-state index in [9.17, 15) is 14.4 Å². The summed E-state index contributed by atoms with van der Waals surface area (Å²) < 4.78 is 13.6. The first-order valence-electron chi connectivity index (χ1n) is 6.41. The summed E-state index contributed by atoms with van der Waals surface area (Å²) in [6, 6.07) is 15.6. The second-order valence-electron chi connectivity index (χ2n) is 4.86. The molecule has 106 valence electrons. The van der Waals surface area contributed by atoms with Crippen molar-refractivity contribution in [2.24, 2.45) is 0 Å². The minimum atomic E-state index is -1.25. The summed E-state index contributed by atoms with van der Waals surface area (Å²) in [4.78, 5) is 12.1. The molecule has 0 amide bonds. The van der Waals surface area contributed by atoms with Gasteiger partial charge in [-0.2, -0.15) is 5.26 Å². The van der Waals surface area contributed by atoms with E-state index < -0.39 is 5.41 Å². The molecule has 4 heteroatoms. The van der Waals surface area contributed by atoms with Crippen LogP contribution in [0.5, 0.6) is 0 Å². The van der Waals surface area contributed by atoms with Crippen LogP contribution in [0.3, 0.4) is 0 Å². The minimum absolute atomic E-state index is 0.210. The highest BCUT2D eigenvalue weighted by molar-refractivity contribution is 9.10. The highest BCUT2D eigenvalue weighted by Crippen LogP contribution is 2.30. The van der Waals surface area contributed by atoms with Crippen molar-refractivity contribution in [1.82, 2.24) is 0 Å². The van der Waals surface area contributed by atoms with E-state index in [1.165, 1.54) is 13.0 Å². The summed E-state index contributed by atoms with van der Waals surface area (Å²) in [6.45, 7) is 1.41. The molecule has 0 aliphatic heterocycles. The third-order valence-electron chi connectivity index (χ3n) is 3.51. The molecule has 2 nitrogen and oxygen atoms in total. The molecule has 0 aliphatic rings. The zero-order valence-electron chi connectivity index (χ0n) is 11.4. The SMILES string of the molecule is CC(=O)C(C#N)(Cc1ccc(F)c(Br)c1)c1ccccc1. The number of rotatable bonds is 4. The Morgan fingerprint density at radius 2 is 1.95 bits per heavy atom. The maximum absolute atomic E-state index is 13.3. The summed E-state index contributed by atoms with van der Waals surface area (Å²) in [5, 5.41) is 9.63. The van der Waals surface area contributed by atoms with Crippen molar-refractivity contribution in [1.29, 1.82) is 5.26 Å². The average molecular weight is 346 g/mol. The van der Waals surface area contributed by atoms with Crippen LogP contribution in [0, 0.1) is 17.1 Å². The number of nitrogens with zero attached hydrogens (tertiary/aromatic N) is 1. The Labute approximate surface area is 131 Å². The van der Waals surface area contributed by atoms with E-state index in [2.05, 4.69) is 22.0 Å². The van der Waals surface area contributed by atoms with Gasteiger partial charge in [-0.05, 0) is 46.1 Å². The van der Waals surface area contributed by atoms with Gasteiger partial charge in [0.05, 0.1) is 10.5 Å². The van der Waals surface area contributed by atoms with Crippen LogP contribution < -0.4 is 0 Å². The predicted octanol–water partition coefficient (Wildman–Crippen LogP) is 4.18. The molecule has 0 bridgehead atoms. The number of hydrogen-bond acceptors (Lipinski definition) is 2. The second-order valence-corrected chi connectivity index (χ2v) is 5.72. The summed E-state index contributed by atoms with van der Waals surface area (Å²) in [5.74, 6) is -0.597. The van der Waals surface area contributed by atoms with Crippen molar-refractivity contribution in [2.45, 2.75) is 18.8 Å². The van der Waals surface area contributed by atoms with E-state index >= 15 is 0 Å². The van der Waals surface area contributed by atoms with E-state index in [1.54, 1.807) is 36.4 Å². The van der Waals surface area contributed by atoms with Gasteiger partial charge in [-0.15, -0.1) is 0 Å². The largest absolute Gasteiger partial charge is 0.298 e. The van der Waals surface area contributed by atoms with Gasteiger partial charge in [-0.3, -0.25) is 4.79 Å². The number of hydrogen-bond donors (Lipinski definition) is 0. The number of carbonyl (C=O) groups excluding carboxylic acids is 1. The van der Waals surface area contributed by atoms with Crippen LogP contribution in [0.15, 0.2) is 53.0 Å². The molecule has 0 aliphatic carbocycles. The fourth-order valence-electron chi connectivity index (χ4n) is 2.29. The van der Waals surface area contributed by atoms with Gasteiger partial charge in [0.15, 0.2) is 5.78 Å². The van der Waals surface area contributed by atoms with Crippen LogP contribution in [-0.2, 0) is 16.6 Å². The zero-order chi connectivity index (χ0) is 15.5. The molecule has 0 heterocycles. The number of nitriles is 1. The van der Waals surface area contributed by atoms with E-state index in [4.69, 9.17) is 0 Å². The number of benzene rings is 2. The lowest BCUT2D eigenvalue weighted by Gasteiger charge is -2.24. The van der Waals surface area contributed by atoms with Gasteiger partial charge < -0.3 is 0 Å². The summed E-state index contributed by atoms with van der Waals surface area (Å²) in [7, 11) is 0. The molecular weight excluding hydrogens is 333 g/mol. The lowest BCUT2D eigenvalue weighted by Crippen LogP contribution is -2.35. The highest BCUT2D eigenvalue weighted by Gasteiger charge is 2.37. The molecular formula is C17H13BrFNO. The molecule has 0 radical (unpaired) electrons. The first-order chi connectivity index (χ1) is 9.99. The molecule has 0 saturated heterocycles. The van der Waals surface area contributed by atoms with Crippen molar-refractivity contribution >= 4 is 21.7 Å². The van der Waals surface area contributed by atoms with Crippen LogP contribution >= 0.6 is 15.9 Å². The van der Waals surface area contributed by atoms with Crippen molar-refractivity contribution < 1.29 is 9.18 Å². The van der Waals surface area contributed by atoms with E-state index in [1.807, 2.05) is 6.07 Å². The molecule has 1 unspecified atom stereocenters. The molecule has 0 aromatic heterocycles. The van der Waals surface area contributed by atoms with E-state index in [0.29, 0.717) is 10.0 Å².